The van der Waals surface area contributed by atoms with E-state index in [1.807, 2.05) is 0 Å². The van der Waals surface area contributed by atoms with E-state index in [0.29, 0.717) is 10.0 Å². The van der Waals surface area contributed by atoms with Crippen molar-refractivity contribution in [3.8, 4) is 17.0 Å². The molecule has 31 heavy (non-hydrogen) atoms. The van der Waals surface area contributed by atoms with E-state index in [4.69, 9.17) is 0 Å². The summed E-state index contributed by atoms with van der Waals surface area (Å²) in [5, 5.41) is 15.0. The van der Waals surface area contributed by atoms with Gasteiger partial charge in [-0.15, -0.1) is 13.2 Å². The van der Waals surface area contributed by atoms with Crippen LogP contribution in [0.2, 0.25) is 0 Å². The summed E-state index contributed by atoms with van der Waals surface area (Å²) in [6, 6.07) is 10.8. The molecule has 1 aromatic heterocycles. The molecule has 0 amide bonds. The molecule has 0 fully saturated rings. The molecule has 0 radical (unpaired) electrons. The van der Waals surface area contributed by atoms with Gasteiger partial charge in [-0.05, 0) is 37.3 Å². The van der Waals surface area contributed by atoms with Gasteiger partial charge >= 0.3 is 6.36 Å². The van der Waals surface area contributed by atoms with Crippen LogP contribution >= 0.6 is 15.9 Å². The number of hydrogen-bond acceptors (Lipinski definition) is 6. The first kappa shape index (κ1) is 22.8. The van der Waals surface area contributed by atoms with Crippen LogP contribution in [0.15, 0.2) is 53.0 Å². The van der Waals surface area contributed by atoms with Crippen LogP contribution in [-0.2, 0) is 0 Å². The Morgan fingerprint density at radius 2 is 1.90 bits per heavy atom. The Bertz CT molecular complexity index is 1070. The molecule has 1 heterocycles. The second-order valence-corrected chi connectivity index (χ2v) is 7.43. The van der Waals surface area contributed by atoms with Gasteiger partial charge < -0.3 is 20.5 Å². The minimum Gasteiger partial charge on any atom is -0.406 e. The third kappa shape index (κ3) is 6.53. The van der Waals surface area contributed by atoms with Crippen LogP contribution in [0.3, 0.4) is 0 Å². The summed E-state index contributed by atoms with van der Waals surface area (Å²) in [6.07, 6.45) is -4.83. The Balaban J connectivity index is 2.00. The van der Waals surface area contributed by atoms with Gasteiger partial charge in [0.05, 0.1) is 18.0 Å². The Hall–Kier alpha value is -2.92. The number of aliphatic hydroxyl groups is 1. The number of aromatic nitrogens is 2. The third-order valence-electron chi connectivity index (χ3n) is 3.93. The SMILES string of the molecule is C[C@H](CO)Nc1nc(Nc2ccc(Br)cc2F)cc(-c2cccc(OC(F)(F)F)c2)n1. The molecule has 0 aliphatic heterocycles. The molecule has 3 aromatic rings. The number of anilines is 3. The van der Waals surface area contributed by atoms with E-state index in [9.17, 15) is 22.7 Å². The number of benzene rings is 2. The molecule has 1 atom stereocenters. The highest BCUT2D eigenvalue weighted by Gasteiger charge is 2.31. The predicted molar refractivity (Wildman–Crippen MR) is 112 cm³/mol. The lowest BCUT2D eigenvalue weighted by atomic mass is 10.1. The number of aliphatic hydroxyl groups excluding tert-OH is 1. The van der Waals surface area contributed by atoms with Gasteiger partial charge in [-0.25, -0.2) is 9.37 Å². The van der Waals surface area contributed by atoms with Crippen LogP contribution in [0.5, 0.6) is 5.75 Å². The second kappa shape index (κ2) is 9.48. The van der Waals surface area contributed by atoms with Gasteiger partial charge in [0.25, 0.3) is 0 Å². The summed E-state index contributed by atoms with van der Waals surface area (Å²) in [7, 11) is 0. The Kier molecular flexibility index (Phi) is 6.96. The van der Waals surface area contributed by atoms with Crippen LogP contribution in [0.4, 0.5) is 35.0 Å². The van der Waals surface area contributed by atoms with Crippen LogP contribution < -0.4 is 15.4 Å². The molecular formula is C20H17BrF4N4O2. The summed E-state index contributed by atoms with van der Waals surface area (Å²) in [5.41, 5.74) is 0.724. The van der Waals surface area contributed by atoms with E-state index >= 15 is 0 Å². The smallest absolute Gasteiger partial charge is 0.406 e. The van der Waals surface area contributed by atoms with Crippen LogP contribution in [0, 0.1) is 5.82 Å². The molecule has 2 aromatic carbocycles. The molecular weight excluding hydrogens is 484 g/mol. The van der Waals surface area contributed by atoms with Gasteiger partial charge in [0, 0.05) is 22.1 Å². The lowest BCUT2D eigenvalue weighted by molar-refractivity contribution is -0.274. The molecule has 0 aliphatic rings. The van der Waals surface area contributed by atoms with Gasteiger partial charge in [0.2, 0.25) is 5.95 Å². The number of rotatable bonds is 7. The lowest BCUT2D eigenvalue weighted by Gasteiger charge is -2.15. The molecule has 0 spiro atoms. The van der Waals surface area contributed by atoms with Crippen molar-refractivity contribution >= 4 is 33.4 Å². The topological polar surface area (TPSA) is 79.3 Å². The minimum atomic E-state index is -4.83. The molecule has 3 rings (SSSR count). The maximum atomic E-state index is 14.2. The average Bonchev–Trinajstić information content (AvgIpc) is 2.69. The van der Waals surface area contributed by atoms with Crippen molar-refractivity contribution in [3.05, 3.63) is 58.8 Å². The molecule has 11 heteroatoms. The van der Waals surface area contributed by atoms with E-state index in [1.165, 1.54) is 36.4 Å². The summed E-state index contributed by atoms with van der Waals surface area (Å²) < 4.78 is 56.4. The second-order valence-electron chi connectivity index (χ2n) is 6.51. The van der Waals surface area contributed by atoms with Gasteiger partial charge in [-0.1, -0.05) is 28.1 Å². The monoisotopic (exact) mass is 500 g/mol. The normalized spacial score (nSPS) is 12.4. The quantitative estimate of drug-likeness (QED) is 0.373. The average molecular weight is 501 g/mol. The summed E-state index contributed by atoms with van der Waals surface area (Å²) in [4.78, 5) is 8.55. The van der Waals surface area contributed by atoms with Crippen molar-refractivity contribution in [2.24, 2.45) is 0 Å². The van der Waals surface area contributed by atoms with Crippen LogP contribution in [-0.4, -0.2) is 34.1 Å². The van der Waals surface area contributed by atoms with Gasteiger partial charge in [0.15, 0.2) is 0 Å². The van der Waals surface area contributed by atoms with E-state index in [2.05, 4.69) is 41.3 Å². The first-order valence-corrected chi connectivity index (χ1v) is 9.77. The third-order valence-corrected chi connectivity index (χ3v) is 4.43. The van der Waals surface area contributed by atoms with Crippen molar-refractivity contribution in [2.75, 3.05) is 17.2 Å². The molecule has 6 nitrogen and oxygen atoms in total. The standard InChI is InChI=1S/C20H17BrF4N4O2/c1-11(10-30)26-19-28-17(12-3-2-4-14(7-12)31-20(23,24)25)9-18(29-19)27-16-6-5-13(21)8-15(16)22/h2-9,11,30H,10H2,1H3,(H2,26,27,28,29)/t11-/m1/s1. The fraction of sp³-hybridized carbons (Fsp3) is 0.200. The molecule has 3 N–H and O–H groups in total. The number of nitrogens with one attached hydrogen (secondary N) is 2. The number of ether oxygens (including phenoxy) is 1. The van der Waals surface area contributed by atoms with Gasteiger partial charge in [0.1, 0.15) is 17.4 Å². The molecule has 0 aliphatic carbocycles. The first-order valence-electron chi connectivity index (χ1n) is 8.97. The van der Waals surface area contributed by atoms with Gasteiger partial charge in [-0.3, -0.25) is 0 Å². The minimum absolute atomic E-state index is 0.0983. The molecule has 164 valence electrons. The zero-order valence-electron chi connectivity index (χ0n) is 16.0. The maximum Gasteiger partial charge on any atom is 0.573 e. The van der Waals surface area contributed by atoms with Crippen LogP contribution in [0.25, 0.3) is 11.3 Å². The fourth-order valence-corrected chi connectivity index (χ4v) is 2.90. The van der Waals surface area contributed by atoms with E-state index in [-0.39, 0.29) is 29.8 Å². The summed E-state index contributed by atoms with van der Waals surface area (Å²) in [5.74, 6) is -0.647. The fourth-order valence-electron chi connectivity index (χ4n) is 2.57. The zero-order chi connectivity index (χ0) is 22.6. The first-order chi connectivity index (χ1) is 14.6. The van der Waals surface area contributed by atoms with Crippen molar-refractivity contribution in [2.45, 2.75) is 19.3 Å². The number of nitrogens with zero attached hydrogens (tertiary/aromatic N) is 2. The summed E-state index contributed by atoms with van der Waals surface area (Å²) >= 11 is 3.18. The summed E-state index contributed by atoms with van der Waals surface area (Å²) in [6.45, 7) is 1.49. The van der Waals surface area contributed by atoms with Gasteiger partial charge in [-0.2, -0.15) is 4.98 Å². The van der Waals surface area contributed by atoms with Crippen molar-refractivity contribution in [1.29, 1.82) is 0 Å². The van der Waals surface area contributed by atoms with Crippen molar-refractivity contribution < 1.29 is 27.4 Å². The van der Waals surface area contributed by atoms with E-state index in [0.717, 1.165) is 0 Å². The number of halogens is 5. The van der Waals surface area contributed by atoms with Crippen molar-refractivity contribution in [1.82, 2.24) is 9.97 Å². The predicted octanol–water partition coefficient (Wildman–Crippen LogP) is 5.48. The molecule has 0 saturated carbocycles. The van der Waals surface area contributed by atoms with E-state index in [1.54, 1.807) is 19.1 Å². The Morgan fingerprint density at radius 3 is 2.58 bits per heavy atom. The van der Waals surface area contributed by atoms with E-state index < -0.39 is 24.0 Å². The molecule has 0 saturated heterocycles. The lowest BCUT2D eigenvalue weighted by Crippen LogP contribution is -2.21. The molecule has 0 bridgehead atoms. The number of hydrogen-bond donors (Lipinski definition) is 3. The highest BCUT2D eigenvalue weighted by Crippen LogP contribution is 2.30. The van der Waals surface area contributed by atoms with Crippen molar-refractivity contribution in [3.63, 3.8) is 0 Å². The number of alkyl halides is 3. The zero-order valence-corrected chi connectivity index (χ0v) is 17.6. The molecule has 0 unspecified atom stereocenters. The highest BCUT2D eigenvalue weighted by atomic mass is 79.9. The Labute approximate surface area is 183 Å². The Morgan fingerprint density at radius 1 is 1.13 bits per heavy atom. The largest absolute Gasteiger partial charge is 0.573 e. The van der Waals surface area contributed by atoms with Crippen LogP contribution in [0.1, 0.15) is 6.92 Å². The maximum absolute atomic E-state index is 14.2. The highest BCUT2D eigenvalue weighted by molar-refractivity contribution is 9.10.